The Kier molecular flexibility index (Phi) is 6.73. The molecule has 22 heavy (non-hydrogen) atoms. The molecule has 1 atom stereocenters. The number of anilines is 1. The molecule has 1 saturated heterocycles. The molecule has 1 aromatic rings. The van der Waals surface area contributed by atoms with Crippen molar-refractivity contribution >= 4 is 23.4 Å². The molecule has 4 nitrogen and oxygen atoms in total. The summed E-state index contributed by atoms with van der Waals surface area (Å²) in [6.07, 6.45) is -0.445. The molecule has 2 N–H and O–H groups in total. The van der Waals surface area contributed by atoms with E-state index in [1.165, 1.54) is 17.1 Å². The summed E-state index contributed by atoms with van der Waals surface area (Å²) in [5.74, 6) is 2.36. The number of carbonyl (C=O) groups excluding carboxylic acids is 1. The van der Waals surface area contributed by atoms with Gasteiger partial charge in [-0.3, -0.25) is 9.69 Å². The van der Waals surface area contributed by atoms with Crippen molar-refractivity contribution in [1.82, 2.24) is 4.90 Å². The highest BCUT2D eigenvalue weighted by atomic mass is 32.2. The lowest BCUT2D eigenvalue weighted by molar-refractivity contribution is -0.118. The summed E-state index contributed by atoms with van der Waals surface area (Å²) in [6, 6.07) is 8.00. The molecule has 122 valence electrons. The van der Waals surface area contributed by atoms with Gasteiger partial charge in [-0.15, -0.1) is 0 Å². The molecule has 1 aromatic carbocycles. The topological polar surface area (TPSA) is 52.6 Å². The molecular weight excluding hydrogens is 296 g/mol. The molecule has 1 fully saturated rings. The minimum absolute atomic E-state index is 0.0917. The maximum atomic E-state index is 11.9. The van der Waals surface area contributed by atoms with Gasteiger partial charge in [-0.1, -0.05) is 26.0 Å². The highest BCUT2D eigenvalue weighted by Crippen LogP contribution is 2.16. The van der Waals surface area contributed by atoms with E-state index in [0.29, 0.717) is 0 Å². The van der Waals surface area contributed by atoms with Crippen molar-refractivity contribution in [1.29, 1.82) is 0 Å². The van der Waals surface area contributed by atoms with Crippen LogP contribution in [0.1, 0.15) is 25.8 Å². The number of aliphatic hydroxyl groups excluding tert-OH is 1. The van der Waals surface area contributed by atoms with E-state index in [9.17, 15) is 9.90 Å². The second kappa shape index (κ2) is 8.56. The predicted octanol–water partition coefficient (Wildman–Crippen LogP) is 2.58. The van der Waals surface area contributed by atoms with Crippen molar-refractivity contribution in [3.8, 4) is 0 Å². The fraction of sp³-hybridized carbons (Fsp3) is 0.588. The Morgan fingerprint density at radius 2 is 2.09 bits per heavy atom. The molecule has 0 spiro atoms. The molecule has 0 aliphatic carbocycles. The van der Waals surface area contributed by atoms with Crippen LogP contribution >= 0.6 is 11.8 Å². The third kappa shape index (κ3) is 5.63. The SMILES string of the molecule is CC(C)C(O)CC(=O)Nc1cccc(CN2CCSCC2)c1. The first kappa shape index (κ1) is 17.3. The summed E-state index contributed by atoms with van der Waals surface area (Å²) < 4.78 is 0. The lowest BCUT2D eigenvalue weighted by atomic mass is 10.0. The maximum absolute atomic E-state index is 11.9. The Morgan fingerprint density at radius 3 is 2.77 bits per heavy atom. The number of thioether (sulfide) groups is 1. The number of rotatable bonds is 6. The summed E-state index contributed by atoms with van der Waals surface area (Å²) in [5, 5.41) is 12.7. The molecular formula is C17H26N2O2S. The van der Waals surface area contributed by atoms with E-state index < -0.39 is 6.10 Å². The van der Waals surface area contributed by atoms with E-state index in [4.69, 9.17) is 0 Å². The van der Waals surface area contributed by atoms with Crippen LogP contribution in [-0.4, -0.2) is 46.6 Å². The number of benzene rings is 1. The lowest BCUT2D eigenvalue weighted by Crippen LogP contribution is -2.32. The second-order valence-electron chi connectivity index (χ2n) is 6.15. The van der Waals surface area contributed by atoms with Crippen molar-refractivity contribution in [2.45, 2.75) is 32.9 Å². The molecule has 0 radical (unpaired) electrons. The number of hydrogen-bond acceptors (Lipinski definition) is 4. The highest BCUT2D eigenvalue weighted by Gasteiger charge is 2.15. The predicted molar refractivity (Wildman–Crippen MR) is 93.1 cm³/mol. The van der Waals surface area contributed by atoms with Crippen LogP contribution in [0, 0.1) is 5.92 Å². The Morgan fingerprint density at radius 1 is 1.36 bits per heavy atom. The van der Waals surface area contributed by atoms with Crippen LogP contribution < -0.4 is 5.32 Å². The number of hydrogen-bond donors (Lipinski definition) is 2. The molecule has 1 unspecified atom stereocenters. The summed E-state index contributed by atoms with van der Waals surface area (Å²) >= 11 is 2.01. The van der Waals surface area contributed by atoms with Crippen molar-refractivity contribution in [3.63, 3.8) is 0 Å². The first-order valence-electron chi connectivity index (χ1n) is 7.91. The van der Waals surface area contributed by atoms with Gasteiger partial charge in [-0.05, 0) is 23.6 Å². The normalized spacial score (nSPS) is 17.5. The van der Waals surface area contributed by atoms with Gasteiger partial charge in [0.2, 0.25) is 5.91 Å². The van der Waals surface area contributed by atoms with Crippen LogP contribution in [0.5, 0.6) is 0 Å². The Balaban J connectivity index is 1.89. The summed E-state index contributed by atoms with van der Waals surface area (Å²) in [6.45, 7) is 7.01. The Bertz CT molecular complexity index is 487. The summed E-state index contributed by atoms with van der Waals surface area (Å²) in [5.41, 5.74) is 2.03. The van der Waals surface area contributed by atoms with Crippen molar-refractivity contribution in [3.05, 3.63) is 29.8 Å². The number of nitrogens with one attached hydrogen (secondary N) is 1. The number of carbonyl (C=O) groups is 1. The Labute approximate surface area is 137 Å². The largest absolute Gasteiger partial charge is 0.392 e. The average Bonchev–Trinajstić information content (AvgIpc) is 2.48. The third-order valence-electron chi connectivity index (χ3n) is 3.88. The van der Waals surface area contributed by atoms with Gasteiger partial charge in [0.15, 0.2) is 0 Å². The quantitative estimate of drug-likeness (QED) is 0.845. The third-order valence-corrected chi connectivity index (χ3v) is 4.83. The molecule has 0 saturated carbocycles. The smallest absolute Gasteiger partial charge is 0.226 e. The second-order valence-corrected chi connectivity index (χ2v) is 7.38. The summed E-state index contributed by atoms with van der Waals surface area (Å²) in [7, 11) is 0. The minimum Gasteiger partial charge on any atom is -0.392 e. The monoisotopic (exact) mass is 322 g/mol. The van der Waals surface area contributed by atoms with Gasteiger partial charge in [0, 0.05) is 36.8 Å². The molecule has 1 aliphatic rings. The molecule has 0 bridgehead atoms. The van der Waals surface area contributed by atoms with Crippen LogP contribution in [0.2, 0.25) is 0 Å². The van der Waals surface area contributed by atoms with Crippen molar-refractivity contribution in [2.24, 2.45) is 5.92 Å². The molecule has 5 heteroatoms. The van der Waals surface area contributed by atoms with Gasteiger partial charge in [0.1, 0.15) is 0 Å². The van der Waals surface area contributed by atoms with E-state index in [1.54, 1.807) is 0 Å². The van der Waals surface area contributed by atoms with Crippen LogP contribution in [0.4, 0.5) is 5.69 Å². The molecule has 1 heterocycles. The number of amides is 1. The van der Waals surface area contributed by atoms with Crippen LogP contribution in [0.15, 0.2) is 24.3 Å². The van der Waals surface area contributed by atoms with Gasteiger partial charge < -0.3 is 10.4 Å². The van der Waals surface area contributed by atoms with E-state index in [-0.39, 0.29) is 18.2 Å². The lowest BCUT2D eigenvalue weighted by Gasteiger charge is -2.26. The van der Waals surface area contributed by atoms with Crippen molar-refractivity contribution in [2.75, 3.05) is 29.9 Å². The highest BCUT2D eigenvalue weighted by molar-refractivity contribution is 7.99. The fourth-order valence-electron chi connectivity index (χ4n) is 2.40. The standard InChI is InChI=1S/C17H26N2O2S/c1-13(2)16(20)11-17(21)18-15-5-3-4-14(10-15)12-19-6-8-22-9-7-19/h3-5,10,13,16,20H,6-9,11-12H2,1-2H3,(H,18,21). The van der Waals surface area contributed by atoms with Gasteiger partial charge in [-0.2, -0.15) is 11.8 Å². The van der Waals surface area contributed by atoms with Gasteiger partial charge >= 0.3 is 0 Å². The molecule has 1 amide bonds. The van der Waals surface area contributed by atoms with E-state index in [2.05, 4.69) is 16.3 Å². The van der Waals surface area contributed by atoms with Crippen LogP contribution in [0.25, 0.3) is 0 Å². The summed E-state index contributed by atoms with van der Waals surface area (Å²) in [4.78, 5) is 14.4. The Hall–Kier alpha value is -1.04. The zero-order chi connectivity index (χ0) is 15.9. The van der Waals surface area contributed by atoms with E-state index >= 15 is 0 Å². The minimum atomic E-state index is -0.589. The number of aliphatic hydroxyl groups is 1. The zero-order valence-corrected chi connectivity index (χ0v) is 14.2. The maximum Gasteiger partial charge on any atom is 0.226 e. The molecule has 0 aromatic heterocycles. The van der Waals surface area contributed by atoms with Crippen LogP contribution in [0.3, 0.4) is 0 Å². The van der Waals surface area contributed by atoms with Crippen LogP contribution in [-0.2, 0) is 11.3 Å². The van der Waals surface area contributed by atoms with Gasteiger partial charge in [0.25, 0.3) is 0 Å². The van der Waals surface area contributed by atoms with E-state index in [1.807, 2.05) is 43.8 Å². The fourth-order valence-corrected chi connectivity index (χ4v) is 3.38. The molecule has 1 aliphatic heterocycles. The van der Waals surface area contributed by atoms with Crippen molar-refractivity contribution < 1.29 is 9.90 Å². The molecule has 2 rings (SSSR count). The first-order valence-corrected chi connectivity index (χ1v) is 9.07. The van der Waals surface area contributed by atoms with E-state index in [0.717, 1.165) is 25.3 Å². The average molecular weight is 322 g/mol. The first-order chi connectivity index (χ1) is 10.5. The van der Waals surface area contributed by atoms with Gasteiger partial charge in [0.05, 0.1) is 12.5 Å². The number of nitrogens with zero attached hydrogens (tertiary/aromatic N) is 1. The zero-order valence-electron chi connectivity index (χ0n) is 13.4. The van der Waals surface area contributed by atoms with Gasteiger partial charge in [-0.25, -0.2) is 0 Å².